The van der Waals surface area contributed by atoms with Gasteiger partial charge in [-0.1, -0.05) is 35.8 Å². The average Bonchev–Trinajstić information content (AvgIpc) is 2.64. The van der Waals surface area contributed by atoms with Crippen LogP contribution in [0.5, 0.6) is 0 Å². The molecule has 20 heavy (non-hydrogen) atoms. The number of nitrogens with zero attached hydrogens (tertiary/aromatic N) is 1. The maximum absolute atomic E-state index is 12.7. The zero-order valence-corrected chi connectivity index (χ0v) is 14.5. The lowest BCUT2D eigenvalue weighted by atomic mass is 9.89. The van der Waals surface area contributed by atoms with Crippen LogP contribution in [0.3, 0.4) is 0 Å². The fraction of sp³-hybridized carbons (Fsp3) is 0.600. The van der Waals surface area contributed by atoms with E-state index in [2.05, 4.69) is 29.8 Å². The molecule has 0 aliphatic carbocycles. The number of rotatable bonds is 3. The molecule has 1 aromatic rings. The second-order valence-electron chi connectivity index (χ2n) is 5.80. The Labute approximate surface area is 130 Å². The molecule has 0 spiro atoms. The Hall–Kier alpha value is -0.390. The van der Waals surface area contributed by atoms with Gasteiger partial charge in [-0.25, -0.2) is 8.42 Å². The monoisotopic (exact) mass is 359 g/mol. The van der Waals surface area contributed by atoms with Crippen LogP contribution in [-0.2, 0) is 10.0 Å². The second kappa shape index (κ2) is 6.58. The van der Waals surface area contributed by atoms with E-state index in [9.17, 15) is 8.42 Å². The minimum Gasteiger partial charge on any atom is -0.207 e. The van der Waals surface area contributed by atoms with Crippen molar-refractivity contribution in [2.75, 3.05) is 13.1 Å². The summed E-state index contributed by atoms with van der Waals surface area (Å²) < 4.78 is 27.8. The molecule has 0 aromatic heterocycles. The van der Waals surface area contributed by atoms with Gasteiger partial charge in [0.1, 0.15) is 0 Å². The predicted molar refractivity (Wildman–Crippen MR) is 85.1 cm³/mol. The number of sulfonamides is 1. The van der Waals surface area contributed by atoms with E-state index in [-0.39, 0.29) is 0 Å². The number of benzene rings is 1. The summed E-state index contributed by atoms with van der Waals surface area (Å²) in [5.74, 6) is 1.27. The number of halogens is 1. The van der Waals surface area contributed by atoms with E-state index in [4.69, 9.17) is 0 Å². The summed E-state index contributed by atoms with van der Waals surface area (Å²) >= 11 is 3.34. The molecule has 0 bridgehead atoms. The van der Waals surface area contributed by atoms with Crippen LogP contribution in [0.25, 0.3) is 0 Å². The van der Waals surface area contributed by atoms with Gasteiger partial charge in [0.2, 0.25) is 10.0 Å². The zero-order valence-electron chi connectivity index (χ0n) is 12.0. The SMILES string of the molecule is CC(C)C1CCCN(S(=O)(=O)c2cccc(Br)c2)CC1. The van der Waals surface area contributed by atoms with E-state index in [0.717, 1.165) is 23.7 Å². The van der Waals surface area contributed by atoms with Crippen molar-refractivity contribution in [1.29, 1.82) is 0 Å². The third-order valence-corrected chi connectivity index (χ3v) is 6.50. The van der Waals surface area contributed by atoms with Crippen LogP contribution >= 0.6 is 15.9 Å². The standard InChI is InChI=1S/C15H22BrNO2S/c1-12(2)13-5-4-9-17(10-8-13)20(18,19)15-7-3-6-14(16)11-15/h3,6-7,11-13H,4-5,8-10H2,1-2H3. The minimum atomic E-state index is -3.35. The molecule has 0 saturated carbocycles. The van der Waals surface area contributed by atoms with Crippen LogP contribution in [0, 0.1) is 11.8 Å². The minimum absolute atomic E-state index is 0.384. The first-order valence-corrected chi connectivity index (χ1v) is 9.40. The highest BCUT2D eigenvalue weighted by Crippen LogP contribution is 2.28. The molecule has 1 unspecified atom stereocenters. The topological polar surface area (TPSA) is 37.4 Å². The summed E-state index contributed by atoms with van der Waals surface area (Å²) in [5, 5.41) is 0. The molecule has 1 aromatic carbocycles. The van der Waals surface area contributed by atoms with Crippen LogP contribution in [-0.4, -0.2) is 25.8 Å². The van der Waals surface area contributed by atoms with Crippen molar-refractivity contribution >= 4 is 26.0 Å². The molecule has 1 aliphatic rings. The molecule has 1 aliphatic heterocycles. The lowest BCUT2D eigenvalue weighted by Crippen LogP contribution is -2.32. The summed E-state index contributed by atoms with van der Waals surface area (Å²) in [4.78, 5) is 0.384. The van der Waals surface area contributed by atoms with Crippen molar-refractivity contribution in [3.63, 3.8) is 0 Å². The molecule has 5 heteroatoms. The molecule has 1 saturated heterocycles. The Morgan fingerprint density at radius 3 is 2.65 bits per heavy atom. The third-order valence-electron chi connectivity index (χ3n) is 4.11. The van der Waals surface area contributed by atoms with Gasteiger partial charge in [0.05, 0.1) is 4.90 Å². The summed E-state index contributed by atoms with van der Waals surface area (Å²) in [6, 6.07) is 6.97. The highest BCUT2D eigenvalue weighted by atomic mass is 79.9. The van der Waals surface area contributed by atoms with Gasteiger partial charge in [-0.2, -0.15) is 4.31 Å². The molecule has 3 nitrogen and oxygen atoms in total. The van der Waals surface area contributed by atoms with Gasteiger partial charge in [-0.05, 0) is 49.3 Å². The smallest absolute Gasteiger partial charge is 0.207 e. The number of hydrogen-bond acceptors (Lipinski definition) is 2. The molecule has 1 heterocycles. The van der Waals surface area contributed by atoms with Crippen molar-refractivity contribution in [3.05, 3.63) is 28.7 Å². The Kier molecular flexibility index (Phi) is 5.26. The lowest BCUT2D eigenvalue weighted by Gasteiger charge is -2.21. The summed E-state index contributed by atoms with van der Waals surface area (Å²) in [6.45, 7) is 5.72. The molecular weight excluding hydrogens is 338 g/mol. The average molecular weight is 360 g/mol. The van der Waals surface area contributed by atoms with Gasteiger partial charge in [0, 0.05) is 17.6 Å². The number of hydrogen-bond donors (Lipinski definition) is 0. The van der Waals surface area contributed by atoms with Crippen LogP contribution in [0.1, 0.15) is 33.1 Å². The van der Waals surface area contributed by atoms with Gasteiger partial charge in [0.15, 0.2) is 0 Å². The first-order chi connectivity index (χ1) is 9.41. The van der Waals surface area contributed by atoms with Gasteiger partial charge in [-0.15, -0.1) is 0 Å². The zero-order chi connectivity index (χ0) is 14.8. The summed E-state index contributed by atoms with van der Waals surface area (Å²) in [6.07, 6.45) is 3.04. The van der Waals surface area contributed by atoms with E-state index in [0.29, 0.717) is 29.8 Å². The van der Waals surface area contributed by atoms with Gasteiger partial charge >= 0.3 is 0 Å². The maximum Gasteiger partial charge on any atom is 0.243 e. The molecule has 0 amide bonds. The highest BCUT2D eigenvalue weighted by molar-refractivity contribution is 9.10. The predicted octanol–water partition coefficient (Wildman–Crippen LogP) is 3.90. The fourth-order valence-electron chi connectivity index (χ4n) is 2.78. The first kappa shape index (κ1) is 16.0. The van der Waals surface area contributed by atoms with Crippen molar-refractivity contribution in [1.82, 2.24) is 4.31 Å². The van der Waals surface area contributed by atoms with Crippen molar-refractivity contribution in [3.8, 4) is 0 Å². The largest absolute Gasteiger partial charge is 0.243 e. The van der Waals surface area contributed by atoms with Crippen LogP contribution in [0.4, 0.5) is 0 Å². The first-order valence-electron chi connectivity index (χ1n) is 7.17. The molecule has 1 atom stereocenters. The lowest BCUT2D eigenvalue weighted by molar-refractivity contribution is 0.341. The fourth-order valence-corrected chi connectivity index (χ4v) is 4.87. The van der Waals surface area contributed by atoms with E-state index in [1.165, 1.54) is 0 Å². The summed E-state index contributed by atoms with van der Waals surface area (Å²) in [5.41, 5.74) is 0. The van der Waals surface area contributed by atoms with Crippen molar-refractivity contribution in [2.45, 2.75) is 38.0 Å². The highest BCUT2D eigenvalue weighted by Gasteiger charge is 2.28. The Bertz CT molecular complexity index is 557. The van der Waals surface area contributed by atoms with Gasteiger partial charge < -0.3 is 0 Å². The van der Waals surface area contributed by atoms with E-state index >= 15 is 0 Å². The van der Waals surface area contributed by atoms with E-state index in [1.807, 2.05) is 6.07 Å². The van der Waals surface area contributed by atoms with Crippen molar-refractivity contribution in [2.24, 2.45) is 11.8 Å². The van der Waals surface area contributed by atoms with Gasteiger partial charge in [0.25, 0.3) is 0 Å². The van der Waals surface area contributed by atoms with Crippen LogP contribution in [0.2, 0.25) is 0 Å². The quantitative estimate of drug-likeness (QED) is 0.820. The Morgan fingerprint density at radius 2 is 2.00 bits per heavy atom. The molecule has 0 radical (unpaired) electrons. The Morgan fingerprint density at radius 1 is 1.25 bits per heavy atom. The summed E-state index contributed by atoms with van der Waals surface area (Å²) in [7, 11) is -3.35. The molecule has 2 rings (SSSR count). The second-order valence-corrected chi connectivity index (χ2v) is 8.65. The molecule has 1 fully saturated rings. The normalized spacial score (nSPS) is 21.9. The molecular formula is C15H22BrNO2S. The molecule has 112 valence electrons. The van der Waals surface area contributed by atoms with Crippen molar-refractivity contribution < 1.29 is 8.42 Å². The van der Waals surface area contributed by atoms with Crippen LogP contribution < -0.4 is 0 Å². The van der Waals surface area contributed by atoms with Crippen LogP contribution in [0.15, 0.2) is 33.6 Å². The maximum atomic E-state index is 12.7. The Balaban J connectivity index is 2.18. The third kappa shape index (κ3) is 3.62. The van der Waals surface area contributed by atoms with Gasteiger partial charge in [-0.3, -0.25) is 0 Å². The van der Waals surface area contributed by atoms with E-state index < -0.39 is 10.0 Å². The molecule has 0 N–H and O–H groups in total. The van der Waals surface area contributed by atoms with E-state index in [1.54, 1.807) is 22.5 Å².